The molecule has 1 aromatic rings. The van der Waals surface area contributed by atoms with Crippen LogP contribution < -0.4 is 10.7 Å². The lowest BCUT2D eigenvalue weighted by Gasteiger charge is -2.30. The van der Waals surface area contributed by atoms with Crippen molar-refractivity contribution >= 4 is 46.4 Å². The number of urea groups is 1. The summed E-state index contributed by atoms with van der Waals surface area (Å²) in [5.41, 5.74) is 1.65. The maximum Gasteiger partial charge on any atom is 0.344 e. The highest BCUT2D eigenvalue weighted by Crippen LogP contribution is 2.32. The summed E-state index contributed by atoms with van der Waals surface area (Å²) >= 11 is 1.99. The minimum atomic E-state index is -0.917. The van der Waals surface area contributed by atoms with Gasteiger partial charge in [0.2, 0.25) is 0 Å². The first-order valence-electron chi connectivity index (χ1n) is 8.31. The highest BCUT2D eigenvalue weighted by molar-refractivity contribution is 14.1. The van der Waals surface area contributed by atoms with Gasteiger partial charge in [0.15, 0.2) is 6.61 Å². The van der Waals surface area contributed by atoms with Gasteiger partial charge < -0.3 is 10.1 Å². The lowest BCUT2D eigenvalue weighted by molar-refractivity contribution is -0.140. The van der Waals surface area contributed by atoms with Crippen LogP contribution >= 0.6 is 22.6 Å². The zero-order valence-corrected chi connectivity index (χ0v) is 16.1. The Kier molecular flexibility index (Phi) is 5.44. The molecule has 9 heteroatoms. The van der Waals surface area contributed by atoms with E-state index in [1.54, 1.807) is 24.3 Å². The van der Waals surface area contributed by atoms with Crippen molar-refractivity contribution in [3.05, 3.63) is 33.4 Å². The third-order valence-corrected chi connectivity index (χ3v) is 5.47. The van der Waals surface area contributed by atoms with Gasteiger partial charge in [-0.1, -0.05) is 31.4 Å². The van der Waals surface area contributed by atoms with E-state index in [9.17, 15) is 19.2 Å². The smallest absolute Gasteiger partial charge is 0.344 e. The van der Waals surface area contributed by atoms with Crippen molar-refractivity contribution in [1.82, 2.24) is 15.8 Å². The molecule has 1 aliphatic heterocycles. The number of rotatable bonds is 4. The first kappa shape index (κ1) is 18.6. The Hall–Kier alpha value is -2.17. The van der Waals surface area contributed by atoms with Gasteiger partial charge >= 0.3 is 12.0 Å². The number of hydrogen-bond acceptors (Lipinski definition) is 5. The average molecular weight is 471 g/mol. The summed E-state index contributed by atoms with van der Waals surface area (Å²) in [5, 5.41) is 3.37. The normalized spacial score (nSPS) is 18.6. The van der Waals surface area contributed by atoms with E-state index in [0.29, 0.717) is 27.0 Å². The quantitative estimate of drug-likeness (QED) is 0.396. The summed E-state index contributed by atoms with van der Waals surface area (Å²) < 4.78 is 5.66. The highest BCUT2D eigenvalue weighted by Gasteiger charge is 2.52. The maximum atomic E-state index is 12.6. The van der Waals surface area contributed by atoms with Gasteiger partial charge in [-0.3, -0.25) is 15.0 Å². The molecule has 138 valence electrons. The number of benzene rings is 1. The molecule has 4 amide bonds. The van der Waals surface area contributed by atoms with E-state index in [0.717, 1.165) is 19.3 Å². The first-order valence-corrected chi connectivity index (χ1v) is 9.39. The SMILES string of the molecule is O=C(COC(=O)c1ccccc1I)NN1C(=O)NC2(CCCCC2)C1=O. The molecule has 1 heterocycles. The van der Waals surface area contributed by atoms with Crippen LogP contribution in [-0.2, 0) is 14.3 Å². The molecule has 2 aliphatic rings. The van der Waals surface area contributed by atoms with Crippen molar-refractivity contribution in [1.29, 1.82) is 0 Å². The van der Waals surface area contributed by atoms with Gasteiger partial charge in [0.05, 0.1) is 5.56 Å². The number of hydrogen-bond donors (Lipinski definition) is 2. The van der Waals surface area contributed by atoms with E-state index in [2.05, 4.69) is 10.7 Å². The summed E-state index contributed by atoms with van der Waals surface area (Å²) in [6, 6.07) is 6.15. The molecule has 2 fully saturated rings. The fourth-order valence-electron chi connectivity index (χ4n) is 3.21. The highest BCUT2D eigenvalue weighted by atomic mass is 127. The van der Waals surface area contributed by atoms with Gasteiger partial charge in [-0.2, -0.15) is 5.01 Å². The second-order valence-corrected chi connectivity index (χ2v) is 7.47. The monoisotopic (exact) mass is 471 g/mol. The Bertz CT molecular complexity index is 761. The van der Waals surface area contributed by atoms with Crippen molar-refractivity contribution in [2.75, 3.05) is 6.61 Å². The Morgan fingerprint density at radius 3 is 2.58 bits per heavy atom. The van der Waals surface area contributed by atoms with E-state index in [4.69, 9.17) is 4.74 Å². The van der Waals surface area contributed by atoms with Crippen LogP contribution in [0.1, 0.15) is 42.5 Å². The molecule has 2 N–H and O–H groups in total. The van der Waals surface area contributed by atoms with Gasteiger partial charge in [0.1, 0.15) is 5.54 Å². The second-order valence-electron chi connectivity index (χ2n) is 6.30. The van der Waals surface area contributed by atoms with Gasteiger partial charge in [0.25, 0.3) is 11.8 Å². The lowest BCUT2D eigenvalue weighted by Crippen LogP contribution is -2.51. The number of esters is 1. The minimum absolute atomic E-state index is 0.344. The van der Waals surface area contributed by atoms with Crippen LogP contribution in [0.2, 0.25) is 0 Å². The van der Waals surface area contributed by atoms with Crippen molar-refractivity contribution in [3.63, 3.8) is 0 Å². The molecule has 0 unspecified atom stereocenters. The van der Waals surface area contributed by atoms with Gasteiger partial charge in [0, 0.05) is 3.57 Å². The Morgan fingerprint density at radius 1 is 1.19 bits per heavy atom. The summed E-state index contributed by atoms with van der Waals surface area (Å²) in [4.78, 5) is 48.6. The van der Waals surface area contributed by atoms with E-state index < -0.39 is 36.0 Å². The summed E-state index contributed by atoms with van der Waals surface area (Å²) in [5.74, 6) is -1.86. The lowest BCUT2D eigenvalue weighted by atomic mass is 9.82. The van der Waals surface area contributed by atoms with Crippen LogP contribution in [0.5, 0.6) is 0 Å². The third-order valence-electron chi connectivity index (χ3n) is 4.53. The molecule has 8 nitrogen and oxygen atoms in total. The van der Waals surface area contributed by atoms with Crippen molar-refractivity contribution in [3.8, 4) is 0 Å². The van der Waals surface area contributed by atoms with E-state index in [1.807, 2.05) is 22.6 Å². The fraction of sp³-hybridized carbons (Fsp3) is 0.412. The van der Waals surface area contributed by atoms with Gasteiger partial charge in [-0.05, 0) is 47.6 Å². The molecule has 1 spiro atoms. The number of hydrazine groups is 1. The number of nitrogens with one attached hydrogen (secondary N) is 2. The summed E-state index contributed by atoms with van der Waals surface area (Å²) in [7, 11) is 0. The topological polar surface area (TPSA) is 105 Å². The Morgan fingerprint density at radius 2 is 1.88 bits per heavy atom. The molecule has 1 saturated heterocycles. The van der Waals surface area contributed by atoms with E-state index in [1.165, 1.54) is 0 Å². The van der Waals surface area contributed by atoms with Crippen LogP contribution in [0.3, 0.4) is 0 Å². The largest absolute Gasteiger partial charge is 0.452 e. The predicted octanol–water partition coefficient (Wildman–Crippen LogP) is 1.73. The van der Waals surface area contributed by atoms with Gasteiger partial charge in [-0.25, -0.2) is 9.59 Å². The van der Waals surface area contributed by atoms with Gasteiger partial charge in [-0.15, -0.1) is 0 Å². The van der Waals surface area contributed by atoms with E-state index >= 15 is 0 Å². The van der Waals surface area contributed by atoms with Crippen LogP contribution in [0, 0.1) is 3.57 Å². The molecule has 0 bridgehead atoms. The number of ether oxygens (including phenoxy) is 1. The van der Waals surface area contributed by atoms with Crippen molar-refractivity contribution < 1.29 is 23.9 Å². The van der Waals surface area contributed by atoms with Crippen LogP contribution in [0.15, 0.2) is 24.3 Å². The predicted molar refractivity (Wildman–Crippen MR) is 98.8 cm³/mol. The molecule has 26 heavy (non-hydrogen) atoms. The van der Waals surface area contributed by atoms with E-state index in [-0.39, 0.29) is 0 Å². The number of amides is 4. The maximum absolute atomic E-state index is 12.6. The molecule has 3 rings (SSSR count). The first-order chi connectivity index (χ1) is 12.4. The molecule has 0 radical (unpaired) electrons. The second kappa shape index (κ2) is 7.60. The number of carbonyl (C=O) groups is 4. The zero-order chi connectivity index (χ0) is 18.7. The summed E-state index contributed by atoms with van der Waals surface area (Å²) in [6.07, 6.45) is 3.84. The fourth-order valence-corrected chi connectivity index (χ4v) is 3.82. The molecule has 1 aromatic carbocycles. The molecule has 1 aliphatic carbocycles. The number of imide groups is 1. The third kappa shape index (κ3) is 3.67. The zero-order valence-electron chi connectivity index (χ0n) is 13.9. The van der Waals surface area contributed by atoms with Crippen molar-refractivity contribution in [2.45, 2.75) is 37.6 Å². The molecule has 0 atom stereocenters. The molecule has 0 aromatic heterocycles. The Balaban J connectivity index is 1.56. The molecular formula is C17H18IN3O5. The number of carbonyl (C=O) groups excluding carboxylic acids is 4. The van der Waals surface area contributed by atoms with Crippen molar-refractivity contribution in [2.24, 2.45) is 0 Å². The summed E-state index contributed by atoms with van der Waals surface area (Å²) in [6.45, 7) is -0.589. The van der Waals surface area contributed by atoms with Crippen LogP contribution in [0.4, 0.5) is 4.79 Å². The molecule has 1 saturated carbocycles. The molecular weight excluding hydrogens is 453 g/mol. The van der Waals surface area contributed by atoms with Crippen LogP contribution in [-0.4, -0.2) is 41.0 Å². The standard InChI is InChI=1S/C17H18IN3O5/c18-12-7-3-2-6-11(12)14(23)26-10-13(22)20-21-15(24)17(19-16(21)25)8-4-1-5-9-17/h2-3,6-7H,1,4-5,8-10H2,(H,19,25)(H,20,22). The number of halogens is 1. The van der Waals surface area contributed by atoms with Crippen LogP contribution in [0.25, 0.3) is 0 Å². The average Bonchev–Trinajstić information content (AvgIpc) is 2.85. The Labute approximate surface area is 163 Å². The number of nitrogens with zero attached hydrogens (tertiary/aromatic N) is 1. The minimum Gasteiger partial charge on any atom is -0.452 e.